The lowest BCUT2D eigenvalue weighted by Gasteiger charge is -2.28. The van der Waals surface area contributed by atoms with Crippen LogP contribution >= 0.6 is 0 Å². The fraction of sp³-hybridized carbons (Fsp3) is 0.348. The summed E-state index contributed by atoms with van der Waals surface area (Å²) >= 11 is 0. The second-order valence-electron chi connectivity index (χ2n) is 7.50. The number of hydrogen-bond donors (Lipinski definition) is 0. The molecule has 1 saturated carbocycles. The van der Waals surface area contributed by atoms with Crippen LogP contribution in [0.4, 0.5) is 5.69 Å². The van der Waals surface area contributed by atoms with Crippen molar-refractivity contribution in [2.75, 3.05) is 26.2 Å². The molecule has 0 radical (unpaired) electrons. The highest BCUT2D eigenvalue weighted by atomic mass is 16.5. The molecule has 1 heterocycles. The van der Waals surface area contributed by atoms with Crippen LogP contribution < -0.4 is 19.1 Å². The molecule has 2 aromatic rings. The van der Waals surface area contributed by atoms with Gasteiger partial charge in [-0.1, -0.05) is 0 Å². The average Bonchev–Trinajstić information content (AvgIpc) is 3.58. The van der Waals surface area contributed by atoms with E-state index in [2.05, 4.69) is 0 Å². The van der Waals surface area contributed by atoms with Gasteiger partial charge in [0.25, 0.3) is 11.8 Å². The van der Waals surface area contributed by atoms with Crippen molar-refractivity contribution < 1.29 is 28.6 Å². The minimum atomic E-state index is -0.831. The third kappa shape index (κ3) is 3.81. The molecule has 2 fully saturated rings. The van der Waals surface area contributed by atoms with E-state index in [1.807, 2.05) is 0 Å². The Balaban J connectivity index is 1.62. The summed E-state index contributed by atoms with van der Waals surface area (Å²) in [6.45, 7) is 0. The zero-order chi connectivity index (χ0) is 22.1. The van der Waals surface area contributed by atoms with Crippen molar-refractivity contribution in [1.82, 2.24) is 4.90 Å². The molecule has 31 heavy (non-hydrogen) atoms. The summed E-state index contributed by atoms with van der Waals surface area (Å²) in [6, 6.07) is 10.7. The quantitative estimate of drug-likeness (QED) is 0.636. The van der Waals surface area contributed by atoms with Gasteiger partial charge in [-0.25, -0.2) is 4.90 Å². The molecule has 2 aromatic carbocycles. The molecule has 0 aromatic heterocycles. The Morgan fingerprint density at radius 3 is 2.19 bits per heavy atom. The van der Waals surface area contributed by atoms with Gasteiger partial charge in [0.1, 0.15) is 11.8 Å². The molecule has 0 bridgehead atoms. The van der Waals surface area contributed by atoms with Crippen molar-refractivity contribution in [3.8, 4) is 17.2 Å². The van der Waals surface area contributed by atoms with Gasteiger partial charge in [-0.15, -0.1) is 0 Å². The highest BCUT2D eigenvalue weighted by Crippen LogP contribution is 2.36. The van der Waals surface area contributed by atoms with Gasteiger partial charge >= 0.3 is 0 Å². The summed E-state index contributed by atoms with van der Waals surface area (Å²) in [5, 5.41) is 0. The van der Waals surface area contributed by atoms with Crippen molar-refractivity contribution in [2.45, 2.75) is 31.3 Å². The molecule has 8 heteroatoms. The van der Waals surface area contributed by atoms with Crippen LogP contribution in [0.25, 0.3) is 0 Å². The Labute approximate surface area is 180 Å². The fourth-order valence-corrected chi connectivity index (χ4v) is 3.87. The predicted octanol–water partition coefficient (Wildman–Crippen LogP) is 2.65. The molecule has 1 saturated heterocycles. The van der Waals surface area contributed by atoms with E-state index in [1.54, 1.807) is 54.5 Å². The van der Waals surface area contributed by atoms with Gasteiger partial charge in [0, 0.05) is 11.6 Å². The van der Waals surface area contributed by atoms with Crippen LogP contribution in [-0.4, -0.2) is 56.0 Å². The van der Waals surface area contributed by atoms with Crippen molar-refractivity contribution >= 4 is 23.4 Å². The second kappa shape index (κ2) is 8.29. The molecular formula is C23H24N2O6. The third-order valence-electron chi connectivity index (χ3n) is 5.59. The lowest BCUT2D eigenvalue weighted by atomic mass is 10.1. The first-order chi connectivity index (χ1) is 15.0. The van der Waals surface area contributed by atoms with E-state index in [9.17, 15) is 14.4 Å². The van der Waals surface area contributed by atoms with Crippen LogP contribution in [0, 0.1) is 0 Å². The number of ether oxygens (including phenoxy) is 3. The normalized spacial score (nSPS) is 18.2. The largest absolute Gasteiger partial charge is 0.497 e. The smallest absolute Gasteiger partial charge is 0.257 e. The molecule has 1 atom stereocenters. The summed E-state index contributed by atoms with van der Waals surface area (Å²) < 4.78 is 15.7. The number of methoxy groups -OCH3 is 3. The summed E-state index contributed by atoms with van der Waals surface area (Å²) in [7, 11) is 4.56. The van der Waals surface area contributed by atoms with Gasteiger partial charge < -0.3 is 19.1 Å². The number of amides is 3. The summed E-state index contributed by atoms with van der Waals surface area (Å²) in [4.78, 5) is 42.1. The van der Waals surface area contributed by atoms with Crippen molar-refractivity contribution in [1.29, 1.82) is 0 Å². The number of imide groups is 1. The number of carbonyl (C=O) groups excluding carboxylic acids is 3. The van der Waals surface area contributed by atoms with E-state index in [0.717, 1.165) is 17.7 Å². The number of benzene rings is 2. The SMILES string of the molecule is COc1ccc(N2C(=O)CC(N(C(=O)c3ccc(OC)c(OC)c3)C3CC3)C2=O)cc1. The van der Waals surface area contributed by atoms with E-state index >= 15 is 0 Å². The van der Waals surface area contributed by atoms with Gasteiger partial charge in [0.15, 0.2) is 11.5 Å². The number of nitrogens with zero attached hydrogens (tertiary/aromatic N) is 2. The monoisotopic (exact) mass is 424 g/mol. The Morgan fingerprint density at radius 2 is 1.61 bits per heavy atom. The Bertz CT molecular complexity index is 1020. The molecule has 4 rings (SSSR count). The predicted molar refractivity (Wildman–Crippen MR) is 113 cm³/mol. The number of rotatable bonds is 7. The maximum absolute atomic E-state index is 13.4. The first kappa shape index (κ1) is 20.7. The molecule has 2 aliphatic rings. The molecule has 1 aliphatic heterocycles. The van der Waals surface area contributed by atoms with Crippen LogP contribution in [0.1, 0.15) is 29.6 Å². The fourth-order valence-electron chi connectivity index (χ4n) is 3.87. The first-order valence-electron chi connectivity index (χ1n) is 10.0. The van der Waals surface area contributed by atoms with Crippen LogP contribution in [-0.2, 0) is 9.59 Å². The van der Waals surface area contributed by atoms with Crippen LogP contribution in [0.2, 0.25) is 0 Å². The first-order valence-corrected chi connectivity index (χ1v) is 10.0. The number of carbonyl (C=O) groups is 3. The second-order valence-corrected chi connectivity index (χ2v) is 7.50. The van der Waals surface area contributed by atoms with Gasteiger partial charge in [-0.3, -0.25) is 14.4 Å². The summed E-state index contributed by atoms with van der Waals surface area (Å²) in [5.74, 6) is 0.545. The minimum absolute atomic E-state index is 0.0413. The van der Waals surface area contributed by atoms with Crippen molar-refractivity contribution in [2.24, 2.45) is 0 Å². The molecule has 0 N–H and O–H groups in total. The molecule has 1 unspecified atom stereocenters. The van der Waals surface area contributed by atoms with E-state index in [1.165, 1.54) is 14.2 Å². The van der Waals surface area contributed by atoms with Gasteiger partial charge in [-0.2, -0.15) is 0 Å². The average molecular weight is 424 g/mol. The summed E-state index contributed by atoms with van der Waals surface area (Å²) in [6.07, 6.45) is 1.57. The molecular weight excluding hydrogens is 400 g/mol. The Kier molecular flexibility index (Phi) is 5.54. The van der Waals surface area contributed by atoms with Crippen LogP contribution in [0.15, 0.2) is 42.5 Å². The molecule has 8 nitrogen and oxygen atoms in total. The molecule has 1 aliphatic carbocycles. The standard InChI is InChI=1S/C23H24N2O6/c1-29-17-9-7-16(8-10-17)25-21(26)13-18(23(25)28)24(15-5-6-15)22(27)14-4-11-19(30-2)20(12-14)31-3/h4,7-12,15,18H,5-6,13H2,1-3H3. The third-order valence-corrected chi connectivity index (χ3v) is 5.59. The zero-order valence-electron chi connectivity index (χ0n) is 17.7. The minimum Gasteiger partial charge on any atom is -0.497 e. The van der Waals surface area contributed by atoms with E-state index < -0.39 is 11.9 Å². The molecule has 3 amide bonds. The maximum atomic E-state index is 13.4. The van der Waals surface area contributed by atoms with Crippen molar-refractivity contribution in [3.63, 3.8) is 0 Å². The zero-order valence-corrected chi connectivity index (χ0v) is 17.7. The topological polar surface area (TPSA) is 85.4 Å². The van der Waals surface area contributed by atoms with Crippen molar-refractivity contribution in [3.05, 3.63) is 48.0 Å². The number of hydrogen-bond acceptors (Lipinski definition) is 6. The highest BCUT2D eigenvalue weighted by Gasteiger charge is 2.49. The number of anilines is 1. The van der Waals surface area contributed by atoms with Crippen LogP contribution in [0.5, 0.6) is 17.2 Å². The molecule has 0 spiro atoms. The van der Waals surface area contributed by atoms with Gasteiger partial charge in [0.2, 0.25) is 5.91 Å². The van der Waals surface area contributed by atoms with Gasteiger partial charge in [0.05, 0.1) is 33.4 Å². The maximum Gasteiger partial charge on any atom is 0.257 e. The lowest BCUT2D eigenvalue weighted by Crippen LogP contribution is -2.46. The van der Waals surface area contributed by atoms with Crippen LogP contribution in [0.3, 0.4) is 0 Å². The highest BCUT2D eigenvalue weighted by molar-refractivity contribution is 6.23. The van der Waals surface area contributed by atoms with E-state index in [-0.39, 0.29) is 24.3 Å². The lowest BCUT2D eigenvalue weighted by molar-refractivity contribution is -0.122. The molecule has 162 valence electrons. The van der Waals surface area contributed by atoms with E-state index in [4.69, 9.17) is 14.2 Å². The summed E-state index contributed by atoms with van der Waals surface area (Å²) in [5.41, 5.74) is 0.848. The Hall–Kier alpha value is -3.55. The van der Waals surface area contributed by atoms with Gasteiger partial charge in [-0.05, 0) is 55.3 Å². The van der Waals surface area contributed by atoms with E-state index in [0.29, 0.717) is 28.5 Å². The Morgan fingerprint density at radius 1 is 0.935 bits per heavy atom.